The van der Waals surface area contributed by atoms with Crippen LogP contribution in [0.5, 0.6) is 0 Å². The number of rotatable bonds is 4. The Hall–Kier alpha value is -0.870. The van der Waals surface area contributed by atoms with Gasteiger partial charge in [-0.1, -0.05) is 6.92 Å². The van der Waals surface area contributed by atoms with E-state index in [1.165, 1.54) is 12.8 Å². The van der Waals surface area contributed by atoms with E-state index in [9.17, 15) is 0 Å². The molecule has 1 aromatic rings. The van der Waals surface area contributed by atoms with E-state index < -0.39 is 0 Å². The summed E-state index contributed by atoms with van der Waals surface area (Å²) in [5.74, 6) is 2.79. The van der Waals surface area contributed by atoms with Crippen molar-refractivity contribution in [3.05, 3.63) is 17.8 Å². The fraction of sp³-hybridized carbons (Fsp3) is 0.769. The number of nitrogens with zero attached hydrogens (tertiary/aromatic N) is 2. The lowest BCUT2D eigenvalue weighted by atomic mass is 10.1. The zero-order chi connectivity index (χ0) is 11.7. The van der Waals surface area contributed by atoms with Crippen LogP contribution in [0.2, 0.25) is 0 Å². The number of piperazine rings is 1. The molecule has 2 aliphatic rings. The molecule has 94 valence electrons. The summed E-state index contributed by atoms with van der Waals surface area (Å²) in [6.07, 6.45) is 5.60. The number of aromatic nitrogens is 1. The molecule has 0 radical (unpaired) electrons. The Morgan fingerprint density at radius 2 is 2.41 bits per heavy atom. The van der Waals surface area contributed by atoms with Crippen LogP contribution in [0, 0.1) is 5.92 Å². The van der Waals surface area contributed by atoms with Gasteiger partial charge in [-0.2, -0.15) is 0 Å². The summed E-state index contributed by atoms with van der Waals surface area (Å²) in [5.41, 5.74) is 0. The molecule has 0 spiro atoms. The third kappa shape index (κ3) is 2.69. The van der Waals surface area contributed by atoms with E-state index in [0.29, 0.717) is 6.04 Å². The summed E-state index contributed by atoms with van der Waals surface area (Å²) in [7, 11) is 0. The summed E-state index contributed by atoms with van der Waals surface area (Å²) in [6.45, 7) is 6.31. The molecule has 1 aliphatic carbocycles. The van der Waals surface area contributed by atoms with Crippen LogP contribution < -0.4 is 5.32 Å². The van der Waals surface area contributed by atoms with Crippen LogP contribution in [0.15, 0.2) is 10.6 Å². The Kier molecular flexibility index (Phi) is 3.16. The molecule has 2 fully saturated rings. The maximum absolute atomic E-state index is 5.67. The van der Waals surface area contributed by atoms with Crippen LogP contribution in [-0.2, 0) is 13.0 Å². The quantitative estimate of drug-likeness (QED) is 0.857. The van der Waals surface area contributed by atoms with Crippen LogP contribution in [-0.4, -0.2) is 35.6 Å². The molecule has 0 amide bonds. The highest BCUT2D eigenvalue weighted by molar-refractivity contribution is 4.96. The molecule has 0 aromatic carbocycles. The van der Waals surface area contributed by atoms with Crippen LogP contribution in [0.1, 0.15) is 31.4 Å². The van der Waals surface area contributed by atoms with E-state index in [-0.39, 0.29) is 0 Å². The lowest BCUT2D eigenvalue weighted by molar-refractivity contribution is 0.167. The fourth-order valence-electron chi connectivity index (χ4n) is 2.58. The standard InChI is InChI=1S/C13H21N3O/c1-2-11-7-15-13(17-11)9-16-6-5-14-12(8-16)10-3-4-10/h7,10,12,14H,2-6,8-9H2,1H3. The van der Waals surface area contributed by atoms with Gasteiger partial charge in [-0.15, -0.1) is 0 Å². The Labute approximate surface area is 102 Å². The third-order valence-electron chi connectivity index (χ3n) is 3.79. The van der Waals surface area contributed by atoms with E-state index in [2.05, 4.69) is 22.1 Å². The molecule has 1 aromatic heterocycles. The molecular formula is C13H21N3O. The zero-order valence-electron chi connectivity index (χ0n) is 10.5. The van der Waals surface area contributed by atoms with Gasteiger partial charge in [0.25, 0.3) is 0 Å². The summed E-state index contributed by atoms with van der Waals surface area (Å²) in [6, 6.07) is 0.698. The second kappa shape index (κ2) is 4.78. The average Bonchev–Trinajstić information content (AvgIpc) is 3.11. The smallest absolute Gasteiger partial charge is 0.208 e. The van der Waals surface area contributed by atoms with Crippen LogP contribution in [0.3, 0.4) is 0 Å². The molecule has 2 heterocycles. The summed E-state index contributed by atoms with van der Waals surface area (Å²) in [4.78, 5) is 6.80. The second-order valence-electron chi connectivity index (χ2n) is 5.21. The first-order valence-corrected chi connectivity index (χ1v) is 6.74. The van der Waals surface area contributed by atoms with Crippen LogP contribution in [0.25, 0.3) is 0 Å². The van der Waals surface area contributed by atoms with E-state index >= 15 is 0 Å². The SMILES string of the molecule is CCc1cnc(CN2CCNC(C3CC3)C2)o1. The lowest BCUT2D eigenvalue weighted by Crippen LogP contribution is -2.51. The van der Waals surface area contributed by atoms with E-state index in [1.54, 1.807) is 0 Å². The third-order valence-corrected chi connectivity index (χ3v) is 3.79. The molecule has 17 heavy (non-hydrogen) atoms. The topological polar surface area (TPSA) is 41.3 Å². The predicted octanol–water partition coefficient (Wildman–Crippen LogP) is 1.42. The van der Waals surface area contributed by atoms with Crippen molar-refractivity contribution in [1.82, 2.24) is 15.2 Å². The van der Waals surface area contributed by atoms with Gasteiger partial charge in [-0.05, 0) is 18.8 Å². The fourth-order valence-corrected chi connectivity index (χ4v) is 2.58. The first-order valence-electron chi connectivity index (χ1n) is 6.74. The van der Waals surface area contributed by atoms with Crippen molar-refractivity contribution in [1.29, 1.82) is 0 Å². The number of hydrogen-bond acceptors (Lipinski definition) is 4. The van der Waals surface area contributed by atoms with Crippen LogP contribution >= 0.6 is 0 Å². The number of hydrogen-bond donors (Lipinski definition) is 1. The van der Waals surface area contributed by atoms with Crippen molar-refractivity contribution in [3.8, 4) is 0 Å². The summed E-state index contributed by atoms with van der Waals surface area (Å²) in [5, 5.41) is 3.62. The normalized spacial score (nSPS) is 26.3. The van der Waals surface area contributed by atoms with Crippen molar-refractivity contribution >= 4 is 0 Å². The van der Waals surface area contributed by atoms with Crippen molar-refractivity contribution in [3.63, 3.8) is 0 Å². The Morgan fingerprint density at radius 1 is 1.53 bits per heavy atom. The molecule has 1 saturated carbocycles. The molecule has 0 bridgehead atoms. The van der Waals surface area contributed by atoms with Gasteiger partial charge in [0, 0.05) is 32.1 Å². The molecule has 1 atom stereocenters. The highest BCUT2D eigenvalue weighted by Crippen LogP contribution is 2.33. The lowest BCUT2D eigenvalue weighted by Gasteiger charge is -2.33. The first kappa shape index (κ1) is 11.2. The first-order chi connectivity index (χ1) is 8.35. The van der Waals surface area contributed by atoms with Gasteiger partial charge in [-0.25, -0.2) is 4.98 Å². The monoisotopic (exact) mass is 235 g/mol. The minimum atomic E-state index is 0.698. The minimum absolute atomic E-state index is 0.698. The van der Waals surface area contributed by atoms with Gasteiger partial charge in [-0.3, -0.25) is 4.90 Å². The van der Waals surface area contributed by atoms with Gasteiger partial charge < -0.3 is 9.73 Å². The molecular weight excluding hydrogens is 214 g/mol. The Balaban J connectivity index is 1.56. The average molecular weight is 235 g/mol. The van der Waals surface area contributed by atoms with Crippen molar-refractivity contribution in [2.24, 2.45) is 5.92 Å². The summed E-state index contributed by atoms with van der Waals surface area (Å²) >= 11 is 0. The number of oxazole rings is 1. The Morgan fingerprint density at radius 3 is 3.12 bits per heavy atom. The molecule has 1 N–H and O–H groups in total. The van der Waals surface area contributed by atoms with E-state index in [0.717, 1.165) is 50.2 Å². The second-order valence-corrected chi connectivity index (χ2v) is 5.21. The predicted molar refractivity (Wildman–Crippen MR) is 65.7 cm³/mol. The molecule has 1 unspecified atom stereocenters. The van der Waals surface area contributed by atoms with Gasteiger partial charge in [0.2, 0.25) is 5.89 Å². The molecule has 1 aliphatic heterocycles. The number of nitrogens with one attached hydrogen (secondary N) is 1. The van der Waals surface area contributed by atoms with Crippen molar-refractivity contribution in [2.75, 3.05) is 19.6 Å². The maximum Gasteiger partial charge on any atom is 0.208 e. The summed E-state index contributed by atoms with van der Waals surface area (Å²) < 4.78 is 5.67. The van der Waals surface area contributed by atoms with E-state index in [1.807, 2.05) is 6.20 Å². The molecule has 4 heteroatoms. The molecule has 1 saturated heterocycles. The highest BCUT2D eigenvalue weighted by Gasteiger charge is 2.34. The van der Waals surface area contributed by atoms with Gasteiger partial charge in [0.15, 0.2) is 0 Å². The van der Waals surface area contributed by atoms with Gasteiger partial charge in [0.05, 0.1) is 12.7 Å². The number of aryl methyl sites for hydroxylation is 1. The highest BCUT2D eigenvalue weighted by atomic mass is 16.4. The van der Waals surface area contributed by atoms with Crippen molar-refractivity contribution in [2.45, 2.75) is 38.8 Å². The van der Waals surface area contributed by atoms with Gasteiger partial charge in [0.1, 0.15) is 5.76 Å². The molecule has 4 nitrogen and oxygen atoms in total. The largest absolute Gasteiger partial charge is 0.444 e. The van der Waals surface area contributed by atoms with Gasteiger partial charge >= 0.3 is 0 Å². The zero-order valence-corrected chi connectivity index (χ0v) is 10.5. The Bertz CT molecular complexity index is 372. The minimum Gasteiger partial charge on any atom is -0.444 e. The van der Waals surface area contributed by atoms with Crippen LogP contribution in [0.4, 0.5) is 0 Å². The van der Waals surface area contributed by atoms with E-state index in [4.69, 9.17) is 4.42 Å². The van der Waals surface area contributed by atoms with Crippen molar-refractivity contribution < 1.29 is 4.42 Å². The molecule has 3 rings (SSSR count). The maximum atomic E-state index is 5.67.